The minimum absolute atomic E-state index is 0.358. The van der Waals surface area contributed by atoms with Gasteiger partial charge in [0.15, 0.2) is 0 Å². The van der Waals surface area contributed by atoms with Crippen LogP contribution in [0.3, 0.4) is 0 Å². The van der Waals surface area contributed by atoms with Gasteiger partial charge in [-0.15, -0.1) is 11.3 Å². The van der Waals surface area contributed by atoms with E-state index in [4.69, 9.17) is 4.74 Å². The molecule has 2 N–H and O–H groups in total. The molecule has 1 aliphatic rings. The van der Waals surface area contributed by atoms with Crippen LogP contribution >= 0.6 is 11.3 Å². The van der Waals surface area contributed by atoms with E-state index in [0.717, 1.165) is 18.7 Å². The zero-order chi connectivity index (χ0) is 13.1. The molecule has 2 atom stereocenters. The van der Waals surface area contributed by atoms with E-state index in [2.05, 4.69) is 33.0 Å². The lowest BCUT2D eigenvalue weighted by molar-refractivity contribution is 0.0847. The molecule has 0 amide bonds. The van der Waals surface area contributed by atoms with E-state index < -0.39 is 0 Å². The van der Waals surface area contributed by atoms with Crippen LogP contribution in [0.2, 0.25) is 0 Å². The van der Waals surface area contributed by atoms with Gasteiger partial charge >= 0.3 is 0 Å². The summed E-state index contributed by atoms with van der Waals surface area (Å²) in [6.07, 6.45) is 5.89. The Morgan fingerprint density at radius 2 is 2.47 bits per heavy atom. The molecule has 0 aromatic carbocycles. The highest BCUT2D eigenvalue weighted by Gasteiger charge is 2.26. The van der Waals surface area contributed by atoms with E-state index in [1.165, 1.54) is 23.3 Å². The van der Waals surface area contributed by atoms with Crippen molar-refractivity contribution in [3.05, 3.63) is 29.3 Å². The first-order valence-corrected chi connectivity index (χ1v) is 7.58. The topological polar surface area (TPSA) is 49.9 Å². The molecule has 2 heterocycles. The van der Waals surface area contributed by atoms with Gasteiger partial charge in [0.25, 0.3) is 0 Å². The fraction of sp³-hybridized carbons (Fsp3) is 0.500. The first-order valence-electron chi connectivity index (χ1n) is 6.71. The molecular formula is C14H19N3OS. The maximum absolute atomic E-state index is 5.51. The number of ether oxygens (including phenoxy) is 1. The van der Waals surface area contributed by atoms with Crippen LogP contribution in [-0.4, -0.2) is 29.5 Å². The normalized spacial score (nSPS) is 23.0. The summed E-state index contributed by atoms with van der Waals surface area (Å²) in [6, 6.07) is 4.65. The van der Waals surface area contributed by atoms with E-state index in [1.54, 1.807) is 18.4 Å². The molecule has 1 fully saturated rings. The van der Waals surface area contributed by atoms with Crippen LogP contribution in [0, 0.1) is 0 Å². The lowest BCUT2D eigenvalue weighted by atomic mass is 10.1. The maximum Gasteiger partial charge on any atom is 0.0794 e. The quantitative estimate of drug-likeness (QED) is 0.883. The summed E-state index contributed by atoms with van der Waals surface area (Å²) in [5.41, 5.74) is 2.36. The summed E-state index contributed by atoms with van der Waals surface area (Å²) in [7, 11) is 1.81. The van der Waals surface area contributed by atoms with E-state index in [9.17, 15) is 0 Å². The maximum atomic E-state index is 5.51. The minimum atomic E-state index is 0.358. The molecule has 5 heteroatoms. The number of nitrogens with zero attached hydrogens (tertiary/aromatic N) is 1. The van der Waals surface area contributed by atoms with Crippen LogP contribution in [-0.2, 0) is 11.3 Å². The van der Waals surface area contributed by atoms with Crippen molar-refractivity contribution in [3.8, 4) is 10.6 Å². The molecule has 1 saturated carbocycles. The lowest BCUT2D eigenvalue weighted by Gasteiger charge is -2.19. The minimum Gasteiger partial charge on any atom is -0.380 e. The van der Waals surface area contributed by atoms with Crippen molar-refractivity contribution >= 4 is 11.3 Å². The molecule has 102 valence electrons. The van der Waals surface area contributed by atoms with Crippen molar-refractivity contribution in [1.29, 1.82) is 0 Å². The van der Waals surface area contributed by atoms with Gasteiger partial charge in [-0.05, 0) is 30.7 Å². The number of rotatable bonds is 5. The molecule has 1 aliphatic carbocycles. The molecular weight excluding hydrogens is 258 g/mol. The van der Waals surface area contributed by atoms with Gasteiger partial charge in [0.05, 0.1) is 22.9 Å². The van der Waals surface area contributed by atoms with Crippen molar-refractivity contribution in [2.75, 3.05) is 7.11 Å². The first-order chi connectivity index (χ1) is 9.38. The van der Waals surface area contributed by atoms with Gasteiger partial charge in [0.1, 0.15) is 0 Å². The molecule has 2 aromatic heterocycles. The van der Waals surface area contributed by atoms with E-state index >= 15 is 0 Å². The lowest BCUT2D eigenvalue weighted by Crippen LogP contribution is -2.36. The largest absolute Gasteiger partial charge is 0.380 e. The molecule has 0 aliphatic heterocycles. The highest BCUT2D eigenvalue weighted by atomic mass is 32.1. The van der Waals surface area contributed by atoms with Crippen LogP contribution in [0.4, 0.5) is 0 Å². The second-order valence-corrected chi connectivity index (χ2v) is 5.89. The highest BCUT2D eigenvalue weighted by molar-refractivity contribution is 7.13. The predicted octanol–water partition coefficient (Wildman–Crippen LogP) is 2.80. The predicted molar refractivity (Wildman–Crippen MR) is 77.2 cm³/mol. The van der Waals surface area contributed by atoms with Crippen LogP contribution < -0.4 is 5.32 Å². The third-order valence-electron chi connectivity index (χ3n) is 3.80. The molecule has 0 radical (unpaired) electrons. The van der Waals surface area contributed by atoms with E-state index in [1.807, 2.05) is 6.20 Å². The molecule has 0 spiro atoms. The monoisotopic (exact) mass is 277 g/mol. The number of hydrogen-bond acceptors (Lipinski definition) is 4. The Kier molecular flexibility index (Phi) is 3.96. The molecule has 2 unspecified atom stereocenters. The molecule has 0 saturated heterocycles. The van der Waals surface area contributed by atoms with E-state index in [-0.39, 0.29) is 0 Å². The number of hydrogen-bond donors (Lipinski definition) is 2. The van der Waals surface area contributed by atoms with Crippen LogP contribution in [0.15, 0.2) is 23.7 Å². The molecule has 4 nitrogen and oxygen atoms in total. The van der Waals surface area contributed by atoms with Gasteiger partial charge < -0.3 is 10.1 Å². The summed E-state index contributed by atoms with van der Waals surface area (Å²) in [5, 5.41) is 13.0. The third-order valence-corrected chi connectivity index (χ3v) is 4.68. The Bertz CT molecular complexity index is 509. The zero-order valence-corrected chi connectivity index (χ0v) is 11.9. The third kappa shape index (κ3) is 2.73. The van der Waals surface area contributed by atoms with Crippen molar-refractivity contribution in [2.45, 2.75) is 38.0 Å². The van der Waals surface area contributed by atoms with Gasteiger partial charge in [0.2, 0.25) is 0 Å². The fourth-order valence-electron chi connectivity index (χ4n) is 2.76. The molecule has 19 heavy (non-hydrogen) atoms. The van der Waals surface area contributed by atoms with Gasteiger partial charge in [-0.1, -0.05) is 6.07 Å². The summed E-state index contributed by atoms with van der Waals surface area (Å²) in [4.78, 5) is 1.24. The molecule has 0 bridgehead atoms. The molecule has 2 aromatic rings. The Morgan fingerprint density at radius 1 is 1.53 bits per heavy atom. The Hall–Kier alpha value is -1.17. The summed E-state index contributed by atoms with van der Waals surface area (Å²) in [6.45, 7) is 0.842. The Labute approximate surface area is 117 Å². The Morgan fingerprint density at radius 3 is 3.26 bits per heavy atom. The SMILES string of the molecule is COC1CCCC1NCc1cn[nH]c1-c1cccs1. The average molecular weight is 277 g/mol. The van der Waals surface area contributed by atoms with Crippen molar-refractivity contribution in [2.24, 2.45) is 0 Å². The van der Waals surface area contributed by atoms with Crippen molar-refractivity contribution in [1.82, 2.24) is 15.5 Å². The van der Waals surface area contributed by atoms with Gasteiger partial charge in [-0.25, -0.2) is 0 Å². The summed E-state index contributed by atoms with van der Waals surface area (Å²) < 4.78 is 5.51. The fourth-order valence-corrected chi connectivity index (χ4v) is 3.52. The van der Waals surface area contributed by atoms with Crippen molar-refractivity contribution in [3.63, 3.8) is 0 Å². The van der Waals surface area contributed by atoms with E-state index in [0.29, 0.717) is 12.1 Å². The standard InChI is InChI=1S/C14H19N3OS/c1-18-12-5-2-4-11(12)15-8-10-9-16-17-14(10)13-6-3-7-19-13/h3,6-7,9,11-12,15H,2,4-5,8H2,1H3,(H,16,17). The van der Waals surface area contributed by atoms with Gasteiger partial charge in [-0.2, -0.15) is 5.10 Å². The van der Waals surface area contributed by atoms with Gasteiger partial charge in [-0.3, -0.25) is 5.10 Å². The second kappa shape index (κ2) is 5.86. The smallest absolute Gasteiger partial charge is 0.0794 e. The number of nitrogens with one attached hydrogen (secondary N) is 2. The van der Waals surface area contributed by atoms with Crippen molar-refractivity contribution < 1.29 is 4.74 Å². The molecule has 3 rings (SSSR count). The highest BCUT2D eigenvalue weighted by Crippen LogP contribution is 2.27. The zero-order valence-electron chi connectivity index (χ0n) is 11.1. The van der Waals surface area contributed by atoms with Crippen LogP contribution in [0.5, 0.6) is 0 Å². The number of aromatic nitrogens is 2. The average Bonchev–Trinajstić information content (AvgIpc) is 3.16. The van der Waals surface area contributed by atoms with Gasteiger partial charge in [0, 0.05) is 25.3 Å². The second-order valence-electron chi connectivity index (χ2n) is 4.94. The number of H-pyrrole nitrogens is 1. The number of aromatic amines is 1. The van der Waals surface area contributed by atoms with Crippen LogP contribution in [0.25, 0.3) is 10.6 Å². The van der Waals surface area contributed by atoms with Crippen LogP contribution in [0.1, 0.15) is 24.8 Å². The summed E-state index contributed by atoms with van der Waals surface area (Å²) >= 11 is 1.73. The number of methoxy groups -OCH3 is 1. The summed E-state index contributed by atoms with van der Waals surface area (Å²) in [5.74, 6) is 0. The Balaban J connectivity index is 1.66. The first kappa shape index (κ1) is 12.8. The number of thiophene rings is 1.